The molecule has 0 aliphatic carbocycles. The number of rotatable bonds is 4. The molecule has 2 N–H and O–H groups in total. The number of H-pyrrole nitrogens is 1. The molecule has 3 nitrogen and oxygen atoms in total. The number of aromatic amines is 1. The third-order valence-electron chi connectivity index (χ3n) is 3.44. The van der Waals surface area contributed by atoms with E-state index in [0.29, 0.717) is 28.0 Å². The van der Waals surface area contributed by atoms with Crippen molar-refractivity contribution in [1.82, 2.24) is 4.98 Å². The Morgan fingerprint density at radius 2 is 1.95 bits per heavy atom. The fourth-order valence-corrected chi connectivity index (χ4v) is 2.43. The summed E-state index contributed by atoms with van der Waals surface area (Å²) in [6.45, 7) is 0.572. The van der Waals surface area contributed by atoms with Gasteiger partial charge in [-0.25, -0.2) is 4.39 Å². The summed E-state index contributed by atoms with van der Waals surface area (Å²) >= 11 is 5.83. The van der Waals surface area contributed by atoms with Crippen LogP contribution in [0.5, 0.6) is 5.88 Å². The van der Waals surface area contributed by atoms with Crippen molar-refractivity contribution < 1.29 is 9.50 Å². The molecule has 1 aromatic heterocycles. The van der Waals surface area contributed by atoms with E-state index in [1.807, 2.05) is 24.3 Å². The number of aromatic nitrogens is 1. The molecule has 0 bridgehead atoms. The van der Waals surface area contributed by atoms with Gasteiger partial charge in [0.15, 0.2) is 5.88 Å². The highest BCUT2D eigenvalue weighted by Crippen LogP contribution is 2.26. The van der Waals surface area contributed by atoms with Gasteiger partial charge in [0.2, 0.25) is 0 Å². The van der Waals surface area contributed by atoms with E-state index in [4.69, 9.17) is 11.6 Å². The molecule has 0 radical (unpaired) electrons. The van der Waals surface area contributed by atoms with Crippen LogP contribution in [0.15, 0.2) is 47.5 Å². The highest BCUT2D eigenvalue weighted by molar-refractivity contribution is 6.30. The van der Waals surface area contributed by atoms with Crippen molar-refractivity contribution in [1.29, 1.82) is 0 Å². The molecule has 0 unspecified atom stereocenters. The van der Waals surface area contributed by atoms with Gasteiger partial charge >= 0.3 is 0 Å². The Morgan fingerprint density at radius 1 is 1.18 bits per heavy atom. The molecule has 22 heavy (non-hydrogen) atoms. The van der Waals surface area contributed by atoms with E-state index in [2.05, 4.69) is 9.98 Å². The first-order chi connectivity index (χ1) is 10.6. The molecule has 5 heteroatoms. The molecule has 0 saturated carbocycles. The van der Waals surface area contributed by atoms with Gasteiger partial charge in [-0.3, -0.25) is 4.99 Å². The van der Waals surface area contributed by atoms with E-state index in [1.54, 1.807) is 12.3 Å². The minimum absolute atomic E-state index is 0.00385. The zero-order valence-corrected chi connectivity index (χ0v) is 12.4. The number of nitrogens with one attached hydrogen (secondary N) is 1. The van der Waals surface area contributed by atoms with E-state index in [0.717, 1.165) is 12.0 Å². The van der Waals surface area contributed by atoms with Crippen LogP contribution in [-0.4, -0.2) is 22.8 Å². The zero-order chi connectivity index (χ0) is 15.5. The van der Waals surface area contributed by atoms with Crippen LogP contribution < -0.4 is 0 Å². The minimum Gasteiger partial charge on any atom is -0.494 e. The average molecular weight is 317 g/mol. The molecule has 2 aromatic carbocycles. The third-order valence-corrected chi connectivity index (χ3v) is 3.70. The normalized spacial score (nSPS) is 11.5. The number of nitrogens with zero attached hydrogens (tertiary/aromatic N) is 1. The van der Waals surface area contributed by atoms with Crippen LogP contribution in [0.25, 0.3) is 10.9 Å². The number of fused-ring (bicyclic) bond motifs is 1. The first kappa shape index (κ1) is 14.6. The van der Waals surface area contributed by atoms with Crippen LogP contribution in [-0.2, 0) is 6.42 Å². The van der Waals surface area contributed by atoms with Gasteiger partial charge in [-0.15, -0.1) is 0 Å². The summed E-state index contributed by atoms with van der Waals surface area (Å²) in [5.74, 6) is -0.349. The fourth-order valence-electron chi connectivity index (χ4n) is 2.30. The summed E-state index contributed by atoms with van der Waals surface area (Å²) in [6, 6.07) is 11.9. The number of aliphatic imine (C=N–C) groups is 1. The molecular weight excluding hydrogens is 303 g/mol. The highest BCUT2D eigenvalue weighted by atomic mass is 35.5. The van der Waals surface area contributed by atoms with E-state index < -0.39 is 0 Å². The molecule has 3 aromatic rings. The molecule has 112 valence electrons. The summed E-state index contributed by atoms with van der Waals surface area (Å²) < 4.78 is 13.3. The topological polar surface area (TPSA) is 48.4 Å². The number of hydrogen-bond donors (Lipinski definition) is 2. The Kier molecular flexibility index (Phi) is 4.11. The lowest BCUT2D eigenvalue weighted by Crippen LogP contribution is -1.90. The Balaban J connectivity index is 1.74. The quantitative estimate of drug-likeness (QED) is 0.692. The Morgan fingerprint density at radius 3 is 2.73 bits per heavy atom. The fraction of sp³-hybridized carbons (Fsp3) is 0.118. The highest BCUT2D eigenvalue weighted by Gasteiger charge is 2.09. The average Bonchev–Trinajstić information content (AvgIpc) is 2.81. The molecular formula is C17H14ClFN2O. The van der Waals surface area contributed by atoms with E-state index in [-0.39, 0.29) is 11.7 Å². The van der Waals surface area contributed by atoms with E-state index in [1.165, 1.54) is 12.1 Å². The van der Waals surface area contributed by atoms with E-state index in [9.17, 15) is 9.50 Å². The molecule has 3 rings (SSSR count). The Labute approximate surface area is 132 Å². The molecule has 0 fully saturated rings. The predicted octanol–water partition coefficient (Wildman–Crippen LogP) is 4.33. The van der Waals surface area contributed by atoms with Gasteiger partial charge in [0.25, 0.3) is 0 Å². The SMILES string of the molecule is Oc1[nH]c2ccc(F)cc2c1C=NCCc1ccc(Cl)cc1. The van der Waals surface area contributed by atoms with Crippen molar-refractivity contribution in [3.63, 3.8) is 0 Å². The molecule has 0 spiro atoms. The third kappa shape index (κ3) is 3.12. The maximum absolute atomic E-state index is 13.3. The standard InChI is InChI=1S/C17H14ClFN2O/c18-12-3-1-11(2-4-12)7-8-20-10-15-14-9-13(19)5-6-16(14)21-17(15)22/h1-6,9-10,21-22H,7-8H2. The smallest absolute Gasteiger partial charge is 0.198 e. The van der Waals surface area contributed by atoms with Gasteiger partial charge in [0.05, 0.1) is 5.56 Å². The molecule has 0 saturated heterocycles. The maximum atomic E-state index is 13.3. The van der Waals surface area contributed by atoms with Crippen molar-refractivity contribution in [2.45, 2.75) is 6.42 Å². The van der Waals surface area contributed by atoms with Crippen molar-refractivity contribution >= 4 is 28.7 Å². The first-order valence-electron chi connectivity index (χ1n) is 6.88. The van der Waals surface area contributed by atoms with Gasteiger partial charge in [0.1, 0.15) is 5.82 Å². The van der Waals surface area contributed by atoms with Crippen LogP contribution in [0.3, 0.4) is 0 Å². The maximum Gasteiger partial charge on any atom is 0.198 e. The van der Waals surface area contributed by atoms with Gasteiger partial charge in [-0.2, -0.15) is 0 Å². The Hall–Kier alpha value is -2.33. The van der Waals surface area contributed by atoms with Crippen molar-refractivity contribution in [3.8, 4) is 5.88 Å². The molecule has 0 atom stereocenters. The van der Waals surface area contributed by atoms with E-state index >= 15 is 0 Å². The second-order valence-corrected chi connectivity index (χ2v) is 5.43. The molecule has 0 amide bonds. The number of benzene rings is 2. The monoisotopic (exact) mass is 316 g/mol. The number of hydrogen-bond acceptors (Lipinski definition) is 2. The summed E-state index contributed by atoms with van der Waals surface area (Å²) in [4.78, 5) is 7.11. The molecule has 1 heterocycles. The summed E-state index contributed by atoms with van der Waals surface area (Å²) in [5.41, 5.74) is 2.32. The Bertz CT molecular complexity index is 825. The second kappa shape index (κ2) is 6.20. The lowest BCUT2D eigenvalue weighted by molar-refractivity contribution is 0.457. The first-order valence-corrected chi connectivity index (χ1v) is 7.26. The van der Waals surface area contributed by atoms with Crippen LogP contribution in [0.2, 0.25) is 5.02 Å². The van der Waals surface area contributed by atoms with Crippen LogP contribution in [0.1, 0.15) is 11.1 Å². The number of aromatic hydroxyl groups is 1. The zero-order valence-electron chi connectivity index (χ0n) is 11.7. The minimum atomic E-state index is -0.345. The summed E-state index contributed by atoms with van der Waals surface area (Å²) in [7, 11) is 0. The van der Waals surface area contributed by atoms with Crippen molar-refractivity contribution in [2.24, 2.45) is 4.99 Å². The molecule has 0 aliphatic rings. The molecule has 0 aliphatic heterocycles. The van der Waals surface area contributed by atoms with Crippen LogP contribution in [0, 0.1) is 5.82 Å². The van der Waals surface area contributed by atoms with Gasteiger partial charge < -0.3 is 10.1 Å². The predicted molar refractivity (Wildman–Crippen MR) is 87.5 cm³/mol. The largest absolute Gasteiger partial charge is 0.494 e. The van der Waals surface area contributed by atoms with Crippen LogP contribution >= 0.6 is 11.6 Å². The van der Waals surface area contributed by atoms with Gasteiger partial charge in [-0.05, 0) is 42.3 Å². The lowest BCUT2D eigenvalue weighted by atomic mass is 10.1. The van der Waals surface area contributed by atoms with Crippen LogP contribution in [0.4, 0.5) is 4.39 Å². The van der Waals surface area contributed by atoms with Gasteiger partial charge in [-0.1, -0.05) is 23.7 Å². The summed E-state index contributed by atoms with van der Waals surface area (Å²) in [6.07, 6.45) is 2.34. The number of halogens is 2. The van der Waals surface area contributed by atoms with Crippen molar-refractivity contribution in [2.75, 3.05) is 6.54 Å². The second-order valence-electron chi connectivity index (χ2n) is 4.99. The van der Waals surface area contributed by atoms with Gasteiger partial charge in [0, 0.05) is 28.7 Å². The summed E-state index contributed by atoms with van der Waals surface area (Å²) in [5, 5.41) is 11.2. The lowest BCUT2D eigenvalue weighted by Gasteiger charge is -1.98. The van der Waals surface area contributed by atoms with Crippen molar-refractivity contribution in [3.05, 3.63) is 64.4 Å².